The molecule has 1 aliphatic rings. The van der Waals surface area contributed by atoms with E-state index < -0.39 is 6.48 Å². The minimum Gasteiger partial charge on any atom is -0.340 e. The summed E-state index contributed by atoms with van der Waals surface area (Å²) in [7, 11) is 0. The average Bonchev–Trinajstić information content (AvgIpc) is 3.63. The van der Waals surface area contributed by atoms with Crippen LogP contribution >= 0.6 is 0 Å². The molecule has 12 nitrogen and oxygen atoms in total. The number of benzene rings is 4. The van der Waals surface area contributed by atoms with E-state index in [0.29, 0.717) is 38.1 Å². The standard InChI is InChI=1S/C27H34N4O.C24H30N4.C7H16O3/c1-8-32-25-30(21-13-9-19(10-14-21)26(2,3)4)23-24(29-18-17-28-23)31(25)22-15-11-20(12-16-22)27(5,6)7;1-23(2,3)17-7-11-19(12-8-17)27-21-22(26-16-15-25-21)28-20-13-9-18(10-14-20)24(4,5)6;1-4-8-7(9-5-2)10-6-3/h9-18,25H,8H2,1-7H3;7-16H,1-6H3,(H,25,27)(H,26,28);7H,4-6H2,1-3H3. The van der Waals surface area contributed by atoms with Gasteiger partial charge in [0.05, 0.1) is 0 Å². The van der Waals surface area contributed by atoms with Gasteiger partial charge in [-0.15, -0.1) is 0 Å². The van der Waals surface area contributed by atoms with Gasteiger partial charge >= 0.3 is 0 Å². The molecule has 0 radical (unpaired) electrons. The van der Waals surface area contributed by atoms with Gasteiger partial charge in [0, 0.05) is 74.0 Å². The minimum absolute atomic E-state index is 0.0986. The average molecular weight is 953 g/mol. The first-order chi connectivity index (χ1) is 33.1. The van der Waals surface area contributed by atoms with Gasteiger partial charge in [-0.2, -0.15) is 0 Å². The molecule has 1 aliphatic heterocycles. The van der Waals surface area contributed by atoms with Gasteiger partial charge < -0.3 is 29.6 Å². The van der Waals surface area contributed by atoms with Crippen molar-refractivity contribution in [2.75, 3.05) is 46.9 Å². The normalized spacial score (nSPS) is 13.0. The van der Waals surface area contributed by atoms with Gasteiger partial charge in [-0.3, -0.25) is 9.80 Å². The van der Waals surface area contributed by atoms with E-state index in [1.165, 1.54) is 22.3 Å². The molecule has 0 bridgehead atoms. The fraction of sp³-hybridized carbons (Fsp3) is 0.448. The van der Waals surface area contributed by atoms with Gasteiger partial charge in [-0.1, -0.05) is 132 Å². The molecule has 4 aromatic carbocycles. The Balaban J connectivity index is 0.000000220. The highest BCUT2D eigenvalue weighted by Crippen LogP contribution is 2.46. The van der Waals surface area contributed by atoms with Gasteiger partial charge in [0.2, 0.25) is 6.35 Å². The highest BCUT2D eigenvalue weighted by molar-refractivity contribution is 5.83. The molecule has 2 N–H and O–H groups in total. The third kappa shape index (κ3) is 15.0. The van der Waals surface area contributed by atoms with Gasteiger partial charge in [0.25, 0.3) is 6.48 Å². The van der Waals surface area contributed by atoms with Crippen molar-refractivity contribution in [1.82, 2.24) is 19.9 Å². The van der Waals surface area contributed by atoms with Crippen LogP contribution in [0.15, 0.2) is 122 Å². The number of nitrogens with zero attached hydrogens (tertiary/aromatic N) is 6. The van der Waals surface area contributed by atoms with E-state index in [2.05, 4.69) is 211 Å². The summed E-state index contributed by atoms with van der Waals surface area (Å²) in [6.45, 7) is 36.3. The second kappa shape index (κ2) is 24.3. The number of hydrogen-bond acceptors (Lipinski definition) is 12. The number of nitrogens with one attached hydrogen (secondary N) is 2. The lowest BCUT2D eigenvalue weighted by Gasteiger charge is -2.32. The van der Waals surface area contributed by atoms with Crippen molar-refractivity contribution in [3.05, 3.63) is 144 Å². The van der Waals surface area contributed by atoms with Crippen LogP contribution in [0.3, 0.4) is 0 Å². The van der Waals surface area contributed by atoms with E-state index in [0.717, 1.165) is 34.4 Å². The maximum absolute atomic E-state index is 6.29. The zero-order valence-corrected chi connectivity index (χ0v) is 44.8. The summed E-state index contributed by atoms with van der Waals surface area (Å²) in [5.74, 6) is 3.00. The molecule has 0 aliphatic carbocycles. The van der Waals surface area contributed by atoms with Crippen LogP contribution in [-0.4, -0.2) is 59.2 Å². The first kappa shape index (κ1) is 55.0. The van der Waals surface area contributed by atoms with Crippen molar-refractivity contribution < 1.29 is 18.9 Å². The fourth-order valence-electron chi connectivity index (χ4n) is 7.48. The number of rotatable bonds is 14. The number of aromatic nitrogens is 4. The van der Waals surface area contributed by atoms with E-state index in [-0.39, 0.29) is 28.0 Å². The van der Waals surface area contributed by atoms with Gasteiger partial charge in [0.1, 0.15) is 0 Å². The van der Waals surface area contributed by atoms with Crippen molar-refractivity contribution >= 4 is 46.0 Å². The second-order valence-electron chi connectivity index (χ2n) is 21.1. The summed E-state index contributed by atoms with van der Waals surface area (Å²) in [6.07, 6.45) is 6.51. The molecule has 0 spiro atoms. The van der Waals surface area contributed by atoms with Crippen LogP contribution in [0.1, 0.15) is 133 Å². The van der Waals surface area contributed by atoms with Crippen LogP contribution in [0.25, 0.3) is 0 Å². The predicted molar refractivity (Wildman–Crippen MR) is 290 cm³/mol. The summed E-state index contributed by atoms with van der Waals surface area (Å²) in [4.78, 5) is 22.6. The van der Waals surface area contributed by atoms with Gasteiger partial charge in [-0.25, -0.2) is 19.9 Å². The van der Waals surface area contributed by atoms with Crippen LogP contribution in [0, 0.1) is 0 Å². The van der Waals surface area contributed by atoms with Gasteiger partial charge in [-0.05, 0) is 120 Å². The Kier molecular flexibility index (Phi) is 19.1. The number of fused-ring (bicyclic) bond motifs is 1. The van der Waals surface area contributed by atoms with Crippen molar-refractivity contribution in [2.24, 2.45) is 0 Å². The van der Waals surface area contributed by atoms with Crippen LogP contribution in [0.2, 0.25) is 0 Å². The van der Waals surface area contributed by atoms with E-state index >= 15 is 0 Å². The number of anilines is 8. The number of ether oxygens (including phenoxy) is 4. The zero-order valence-electron chi connectivity index (χ0n) is 44.8. The molecule has 376 valence electrons. The lowest BCUT2D eigenvalue weighted by molar-refractivity contribution is -0.282. The van der Waals surface area contributed by atoms with Crippen LogP contribution in [-0.2, 0) is 40.6 Å². The van der Waals surface area contributed by atoms with Gasteiger partial charge in [0.15, 0.2) is 23.3 Å². The minimum atomic E-state index is -0.472. The van der Waals surface area contributed by atoms with E-state index in [1.54, 1.807) is 24.8 Å². The van der Waals surface area contributed by atoms with Crippen molar-refractivity contribution in [3.8, 4) is 0 Å². The molecule has 0 saturated heterocycles. The number of hydrogen-bond donors (Lipinski definition) is 2. The summed E-state index contributed by atoms with van der Waals surface area (Å²) >= 11 is 0. The van der Waals surface area contributed by atoms with E-state index in [4.69, 9.17) is 28.9 Å². The van der Waals surface area contributed by atoms with E-state index in [9.17, 15) is 0 Å². The molecule has 12 heteroatoms. The Morgan fingerprint density at radius 2 is 0.700 bits per heavy atom. The largest absolute Gasteiger partial charge is 0.340 e. The van der Waals surface area contributed by atoms with Crippen molar-refractivity contribution in [1.29, 1.82) is 0 Å². The summed E-state index contributed by atoms with van der Waals surface area (Å²) in [5.41, 5.74) is 9.70. The maximum Gasteiger partial charge on any atom is 0.271 e. The molecule has 0 saturated carbocycles. The third-order valence-corrected chi connectivity index (χ3v) is 11.5. The van der Waals surface area contributed by atoms with E-state index in [1.807, 2.05) is 27.7 Å². The molecule has 0 atom stereocenters. The molecule has 70 heavy (non-hydrogen) atoms. The smallest absolute Gasteiger partial charge is 0.271 e. The van der Waals surface area contributed by atoms with Crippen molar-refractivity contribution in [3.63, 3.8) is 0 Å². The first-order valence-corrected chi connectivity index (χ1v) is 24.7. The quantitative estimate of drug-likeness (QED) is 0.101. The molecule has 0 amide bonds. The Morgan fingerprint density at radius 3 is 0.971 bits per heavy atom. The molecule has 0 unspecified atom stereocenters. The lowest BCUT2D eigenvalue weighted by atomic mass is 9.87. The topological polar surface area (TPSA) is 119 Å². The molecule has 2 aromatic heterocycles. The fourth-order valence-corrected chi connectivity index (χ4v) is 7.48. The monoisotopic (exact) mass is 953 g/mol. The highest BCUT2D eigenvalue weighted by atomic mass is 16.8. The first-order valence-electron chi connectivity index (χ1n) is 24.7. The Bertz CT molecular complexity index is 2310. The summed E-state index contributed by atoms with van der Waals surface area (Å²) in [6, 6.07) is 34.3. The van der Waals surface area contributed by atoms with Crippen molar-refractivity contribution in [2.45, 2.75) is 145 Å². The zero-order chi connectivity index (χ0) is 51.3. The van der Waals surface area contributed by atoms with Crippen LogP contribution < -0.4 is 20.4 Å². The van der Waals surface area contributed by atoms with Crippen LogP contribution in [0.4, 0.5) is 46.0 Å². The lowest BCUT2D eigenvalue weighted by Crippen LogP contribution is -2.41. The summed E-state index contributed by atoms with van der Waals surface area (Å²) < 4.78 is 21.5. The molecule has 7 rings (SSSR count). The molecular weight excluding hydrogens is 873 g/mol. The highest BCUT2D eigenvalue weighted by Gasteiger charge is 2.41. The second-order valence-corrected chi connectivity index (χ2v) is 21.1. The molecule has 6 aromatic rings. The molecule has 0 fully saturated rings. The Labute approximate surface area is 419 Å². The Hall–Kier alpha value is -5.92. The van der Waals surface area contributed by atoms with Crippen LogP contribution in [0.5, 0.6) is 0 Å². The molecular formula is C58H80N8O4. The predicted octanol–water partition coefficient (Wildman–Crippen LogP) is 14.6. The third-order valence-electron chi connectivity index (χ3n) is 11.5. The SMILES string of the molecule is CC(C)(C)c1ccc(Nc2nccnc2Nc2ccc(C(C)(C)C)cc2)cc1.CCOC(OCC)OCC.CCOC1N(c2ccc(C(C)(C)C)cc2)c2nccnc2N1c1ccc(C(C)(C)C)cc1. The molecule has 3 heterocycles. The summed E-state index contributed by atoms with van der Waals surface area (Å²) in [5, 5.41) is 6.74. The Morgan fingerprint density at radius 1 is 0.414 bits per heavy atom. The maximum atomic E-state index is 6.29.